The SMILES string of the molecule is CC1CC1CN(C)Cc1ccccc1CNC1CC1. The Morgan fingerprint density at radius 2 is 1.89 bits per heavy atom. The van der Waals surface area contributed by atoms with Crippen LogP contribution in [0.4, 0.5) is 0 Å². The summed E-state index contributed by atoms with van der Waals surface area (Å²) in [5, 5.41) is 3.63. The summed E-state index contributed by atoms with van der Waals surface area (Å²) in [6, 6.07) is 9.69. The maximum Gasteiger partial charge on any atom is 0.0234 e. The molecule has 2 fully saturated rings. The van der Waals surface area contributed by atoms with E-state index in [1.54, 1.807) is 0 Å². The van der Waals surface area contributed by atoms with Crippen LogP contribution in [-0.4, -0.2) is 24.5 Å². The predicted molar refractivity (Wildman–Crippen MR) is 79.9 cm³/mol. The molecule has 0 saturated heterocycles. The molecule has 19 heavy (non-hydrogen) atoms. The van der Waals surface area contributed by atoms with E-state index >= 15 is 0 Å². The van der Waals surface area contributed by atoms with Crippen LogP contribution in [0.15, 0.2) is 24.3 Å². The van der Waals surface area contributed by atoms with E-state index in [1.165, 1.54) is 36.9 Å². The second kappa shape index (κ2) is 5.64. The molecule has 0 amide bonds. The van der Waals surface area contributed by atoms with Gasteiger partial charge in [0, 0.05) is 25.7 Å². The molecule has 2 atom stereocenters. The van der Waals surface area contributed by atoms with Gasteiger partial charge in [0.05, 0.1) is 0 Å². The van der Waals surface area contributed by atoms with Crippen LogP contribution in [-0.2, 0) is 13.1 Å². The molecule has 0 spiro atoms. The molecule has 0 aromatic heterocycles. The maximum atomic E-state index is 3.63. The smallest absolute Gasteiger partial charge is 0.0234 e. The largest absolute Gasteiger partial charge is 0.310 e. The molecule has 2 nitrogen and oxygen atoms in total. The zero-order valence-electron chi connectivity index (χ0n) is 12.2. The van der Waals surface area contributed by atoms with Crippen molar-refractivity contribution in [2.75, 3.05) is 13.6 Å². The van der Waals surface area contributed by atoms with Crippen molar-refractivity contribution in [2.24, 2.45) is 11.8 Å². The fourth-order valence-corrected chi connectivity index (χ4v) is 2.84. The van der Waals surface area contributed by atoms with Crippen LogP contribution in [0.2, 0.25) is 0 Å². The van der Waals surface area contributed by atoms with Crippen LogP contribution in [0.3, 0.4) is 0 Å². The molecular formula is C17H26N2. The van der Waals surface area contributed by atoms with Gasteiger partial charge in [-0.05, 0) is 49.3 Å². The Kier molecular flexibility index (Phi) is 3.90. The van der Waals surface area contributed by atoms with Crippen molar-refractivity contribution < 1.29 is 0 Å². The Hall–Kier alpha value is -0.860. The lowest BCUT2D eigenvalue weighted by Crippen LogP contribution is -2.23. The lowest BCUT2D eigenvalue weighted by atomic mass is 10.1. The minimum atomic E-state index is 0.790. The fraction of sp³-hybridized carbons (Fsp3) is 0.647. The number of benzene rings is 1. The zero-order chi connectivity index (χ0) is 13.2. The lowest BCUT2D eigenvalue weighted by Gasteiger charge is -2.19. The van der Waals surface area contributed by atoms with Crippen molar-refractivity contribution in [1.29, 1.82) is 0 Å². The minimum absolute atomic E-state index is 0.790. The van der Waals surface area contributed by atoms with Gasteiger partial charge < -0.3 is 10.2 Å². The van der Waals surface area contributed by atoms with Crippen LogP contribution in [0, 0.1) is 11.8 Å². The average Bonchev–Trinajstić information content (AvgIpc) is 3.29. The fourth-order valence-electron chi connectivity index (χ4n) is 2.84. The van der Waals surface area contributed by atoms with E-state index in [0.717, 1.165) is 31.0 Å². The monoisotopic (exact) mass is 258 g/mol. The molecule has 1 aromatic carbocycles. The normalized spacial score (nSPS) is 25.8. The summed E-state index contributed by atoms with van der Waals surface area (Å²) in [5.74, 6) is 1.90. The summed E-state index contributed by atoms with van der Waals surface area (Å²) in [7, 11) is 2.26. The Morgan fingerprint density at radius 3 is 2.53 bits per heavy atom. The van der Waals surface area contributed by atoms with E-state index < -0.39 is 0 Å². The lowest BCUT2D eigenvalue weighted by molar-refractivity contribution is 0.306. The molecule has 2 aliphatic rings. The van der Waals surface area contributed by atoms with Gasteiger partial charge in [-0.1, -0.05) is 31.2 Å². The van der Waals surface area contributed by atoms with Crippen molar-refractivity contribution in [1.82, 2.24) is 10.2 Å². The highest BCUT2D eigenvalue weighted by atomic mass is 15.1. The van der Waals surface area contributed by atoms with E-state index in [-0.39, 0.29) is 0 Å². The van der Waals surface area contributed by atoms with Crippen LogP contribution >= 0.6 is 0 Å². The molecule has 2 unspecified atom stereocenters. The first-order valence-electron chi connectivity index (χ1n) is 7.71. The minimum Gasteiger partial charge on any atom is -0.310 e. The number of rotatable bonds is 7. The summed E-state index contributed by atoms with van der Waals surface area (Å²) in [5.41, 5.74) is 2.97. The van der Waals surface area contributed by atoms with Gasteiger partial charge in [-0.3, -0.25) is 0 Å². The topological polar surface area (TPSA) is 15.3 Å². The third kappa shape index (κ3) is 3.80. The molecule has 0 bridgehead atoms. The van der Waals surface area contributed by atoms with Gasteiger partial charge in [-0.15, -0.1) is 0 Å². The van der Waals surface area contributed by atoms with Crippen LogP contribution < -0.4 is 5.32 Å². The summed E-state index contributed by atoms with van der Waals surface area (Å²) in [6.07, 6.45) is 4.15. The van der Waals surface area contributed by atoms with Crippen molar-refractivity contribution in [3.05, 3.63) is 35.4 Å². The molecule has 1 aromatic rings. The van der Waals surface area contributed by atoms with Crippen LogP contribution in [0.25, 0.3) is 0 Å². The second-order valence-electron chi connectivity index (χ2n) is 6.59. The third-order valence-corrected chi connectivity index (χ3v) is 4.54. The Bertz CT molecular complexity index is 425. The molecular weight excluding hydrogens is 232 g/mol. The van der Waals surface area contributed by atoms with Gasteiger partial charge in [0.15, 0.2) is 0 Å². The second-order valence-corrected chi connectivity index (χ2v) is 6.59. The highest BCUT2D eigenvalue weighted by Crippen LogP contribution is 2.38. The average molecular weight is 258 g/mol. The van der Waals surface area contributed by atoms with Gasteiger partial charge in [0.25, 0.3) is 0 Å². The van der Waals surface area contributed by atoms with E-state index in [4.69, 9.17) is 0 Å². The molecule has 104 valence electrons. The molecule has 0 radical (unpaired) electrons. The zero-order valence-corrected chi connectivity index (χ0v) is 12.2. The van der Waals surface area contributed by atoms with Gasteiger partial charge in [0.2, 0.25) is 0 Å². The third-order valence-electron chi connectivity index (χ3n) is 4.54. The Balaban J connectivity index is 1.55. The number of hydrogen-bond acceptors (Lipinski definition) is 2. The van der Waals surface area contributed by atoms with Gasteiger partial charge in [0.1, 0.15) is 0 Å². The summed E-state index contributed by atoms with van der Waals surface area (Å²) >= 11 is 0. The molecule has 2 heteroatoms. The van der Waals surface area contributed by atoms with Crippen molar-refractivity contribution in [3.63, 3.8) is 0 Å². The highest BCUT2D eigenvalue weighted by Gasteiger charge is 2.33. The molecule has 2 aliphatic carbocycles. The number of nitrogens with one attached hydrogen (secondary N) is 1. The summed E-state index contributed by atoms with van der Waals surface area (Å²) in [6.45, 7) is 5.75. The molecule has 1 N–H and O–H groups in total. The van der Waals surface area contributed by atoms with Gasteiger partial charge in [-0.25, -0.2) is 0 Å². The molecule has 3 rings (SSSR count). The summed E-state index contributed by atoms with van der Waals surface area (Å²) in [4.78, 5) is 2.49. The van der Waals surface area contributed by atoms with E-state index in [0.29, 0.717) is 0 Å². The maximum absolute atomic E-state index is 3.63. The quantitative estimate of drug-likeness (QED) is 0.809. The van der Waals surface area contributed by atoms with E-state index in [2.05, 4.69) is 48.5 Å². The van der Waals surface area contributed by atoms with E-state index in [9.17, 15) is 0 Å². The number of nitrogens with zero attached hydrogens (tertiary/aromatic N) is 1. The van der Waals surface area contributed by atoms with Crippen LogP contribution in [0.1, 0.15) is 37.3 Å². The van der Waals surface area contributed by atoms with Gasteiger partial charge >= 0.3 is 0 Å². The molecule has 2 saturated carbocycles. The Labute approximate surface area is 117 Å². The van der Waals surface area contributed by atoms with Crippen LogP contribution in [0.5, 0.6) is 0 Å². The number of hydrogen-bond donors (Lipinski definition) is 1. The van der Waals surface area contributed by atoms with Crippen molar-refractivity contribution >= 4 is 0 Å². The van der Waals surface area contributed by atoms with E-state index in [1.807, 2.05) is 0 Å². The van der Waals surface area contributed by atoms with Gasteiger partial charge in [-0.2, -0.15) is 0 Å². The first kappa shape index (κ1) is 13.1. The first-order chi connectivity index (χ1) is 9.22. The molecule has 0 heterocycles. The standard InChI is InChI=1S/C17H26N2/c1-13-9-16(13)12-19(2)11-15-6-4-3-5-14(15)10-18-17-7-8-17/h3-6,13,16-18H,7-12H2,1-2H3. The van der Waals surface area contributed by atoms with Crippen molar-refractivity contribution in [3.8, 4) is 0 Å². The van der Waals surface area contributed by atoms with Crippen molar-refractivity contribution in [2.45, 2.75) is 45.3 Å². The molecule has 0 aliphatic heterocycles. The highest BCUT2D eigenvalue weighted by molar-refractivity contribution is 5.27. The summed E-state index contributed by atoms with van der Waals surface area (Å²) < 4.78 is 0. The first-order valence-corrected chi connectivity index (χ1v) is 7.71. The predicted octanol–water partition coefficient (Wildman–Crippen LogP) is 3.03. The Morgan fingerprint density at radius 1 is 1.21 bits per heavy atom.